The predicted octanol–water partition coefficient (Wildman–Crippen LogP) is 3.35. The summed E-state index contributed by atoms with van der Waals surface area (Å²) in [4.78, 5) is 30.0. The number of nitrogens with zero attached hydrogens (tertiary/aromatic N) is 1. The standard InChI is InChI=1S/C20H25ClN4O3S.ClH/c1-12-16(11-26)29-20(23-12)19(15-3-2-10-22-15)25-18(28)9-8-17(27)24-14-6-4-13(21)5-7-14;/h4-7,15,19,22,26H,2-3,8-11H2,1H3,(H,24,27)(H,25,28);1H. The fraction of sp³-hybridized carbons (Fsp3) is 0.450. The summed E-state index contributed by atoms with van der Waals surface area (Å²) in [6.07, 6.45) is 2.14. The van der Waals surface area contributed by atoms with E-state index in [0.717, 1.165) is 35.0 Å². The van der Waals surface area contributed by atoms with Gasteiger partial charge < -0.3 is 21.1 Å². The minimum Gasteiger partial charge on any atom is -0.391 e. The van der Waals surface area contributed by atoms with E-state index in [4.69, 9.17) is 11.6 Å². The van der Waals surface area contributed by atoms with Gasteiger partial charge in [0.05, 0.1) is 23.2 Å². The molecule has 1 aliphatic heterocycles. The van der Waals surface area contributed by atoms with Crippen molar-refractivity contribution in [3.8, 4) is 0 Å². The quantitative estimate of drug-likeness (QED) is 0.471. The molecule has 0 saturated carbocycles. The van der Waals surface area contributed by atoms with Gasteiger partial charge in [-0.25, -0.2) is 4.98 Å². The number of aliphatic hydroxyl groups excluding tert-OH is 1. The van der Waals surface area contributed by atoms with Crippen molar-refractivity contribution in [2.75, 3.05) is 11.9 Å². The number of aryl methyl sites for hydroxylation is 1. The zero-order chi connectivity index (χ0) is 20.8. The van der Waals surface area contributed by atoms with Crippen LogP contribution in [0.2, 0.25) is 5.02 Å². The van der Waals surface area contributed by atoms with E-state index in [-0.39, 0.29) is 55.8 Å². The SMILES string of the molecule is Cc1nc(C(NC(=O)CCC(=O)Nc2ccc(Cl)cc2)C2CCCN2)sc1CO.Cl. The Labute approximate surface area is 191 Å². The van der Waals surface area contributed by atoms with E-state index < -0.39 is 0 Å². The average Bonchev–Trinajstić information content (AvgIpc) is 3.36. The molecule has 30 heavy (non-hydrogen) atoms. The molecule has 0 radical (unpaired) electrons. The topological polar surface area (TPSA) is 103 Å². The second-order valence-electron chi connectivity index (χ2n) is 7.02. The van der Waals surface area contributed by atoms with Crippen LogP contribution >= 0.6 is 35.3 Å². The Morgan fingerprint density at radius 2 is 2.00 bits per heavy atom. The van der Waals surface area contributed by atoms with Crippen LogP contribution in [0.15, 0.2) is 24.3 Å². The highest BCUT2D eigenvalue weighted by molar-refractivity contribution is 7.11. The second kappa shape index (κ2) is 11.6. The largest absolute Gasteiger partial charge is 0.391 e. The lowest BCUT2D eigenvalue weighted by Crippen LogP contribution is -2.41. The van der Waals surface area contributed by atoms with E-state index in [1.165, 1.54) is 11.3 Å². The van der Waals surface area contributed by atoms with Crippen molar-refractivity contribution >= 4 is 52.8 Å². The molecule has 1 aromatic heterocycles. The van der Waals surface area contributed by atoms with Crippen molar-refractivity contribution in [2.45, 2.75) is 51.3 Å². The third kappa shape index (κ3) is 6.65. The summed E-state index contributed by atoms with van der Waals surface area (Å²) in [7, 11) is 0. The summed E-state index contributed by atoms with van der Waals surface area (Å²) in [6.45, 7) is 2.69. The average molecular weight is 473 g/mol. The van der Waals surface area contributed by atoms with Gasteiger partial charge in [-0.05, 0) is 50.6 Å². The molecule has 0 spiro atoms. The van der Waals surface area contributed by atoms with E-state index in [0.29, 0.717) is 10.7 Å². The number of hydrogen-bond donors (Lipinski definition) is 4. The maximum absolute atomic E-state index is 12.5. The molecule has 2 unspecified atom stereocenters. The van der Waals surface area contributed by atoms with Gasteiger partial charge in [0.15, 0.2) is 0 Å². The summed E-state index contributed by atoms with van der Waals surface area (Å²) in [5.41, 5.74) is 1.43. The van der Waals surface area contributed by atoms with Crippen LogP contribution in [0.1, 0.15) is 47.3 Å². The number of aromatic nitrogens is 1. The minimum atomic E-state index is -0.270. The number of halogens is 2. The molecular formula is C20H26Cl2N4O3S. The Morgan fingerprint density at radius 3 is 2.60 bits per heavy atom. The number of carbonyl (C=O) groups is 2. The van der Waals surface area contributed by atoms with Crippen LogP contribution in [-0.4, -0.2) is 34.5 Å². The Hall–Kier alpha value is -1.71. The maximum atomic E-state index is 12.5. The molecule has 0 bridgehead atoms. The third-order valence-electron chi connectivity index (χ3n) is 4.84. The van der Waals surface area contributed by atoms with E-state index >= 15 is 0 Å². The van der Waals surface area contributed by atoms with Gasteiger partial charge >= 0.3 is 0 Å². The van der Waals surface area contributed by atoms with Gasteiger partial charge in [0.2, 0.25) is 11.8 Å². The number of amides is 2. The van der Waals surface area contributed by atoms with Crippen molar-refractivity contribution in [1.82, 2.24) is 15.6 Å². The molecule has 2 heterocycles. The first-order valence-electron chi connectivity index (χ1n) is 9.61. The fourth-order valence-electron chi connectivity index (χ4n) is 3.29. The van der Waals surface area contributed by atoms with Crippen molar-refractivity contribution in [3.05, 3.63) is 44.9 Å². The number of nitrogens with one attached hydrogen (secondary N) is 3. The third-order valence-corrected chi connectivity index (χ3v) is 6.32. The summed E-state index contributed by atoms with van der Waals surface area (Å²) >= 11 is 7.25. The van der Waals surface area contributed by atoms with Crippen LogP contribution < -0.4 is 16.0 Å². The van der Waals surface area contributed by atoms with E-state index in [1.54, 1.807) is 24.3 Å². The number of hydrogen-bond acceptors (Lipinski definition) is 6. The van der Waals surface area contributed by atoms with Crippen LogP contribution in [0.5, 0.6) is 0 Å². The number of anilines is 1. The number of rotatable bonds is 8. The first-order chi connectivity index (χ1) is 14.0. The summed E-state index contributed by atoms with van der Waals surface area (Å²) < 4.78 is 0. The zero-order valence-electron chi connectivity index (χ0n) is 16.6. The molecule has 4 N–H and O–H groups in total. The second-order valence-corrected chi connectivity index (χ2v) is 8.57. The van der Waals surface area contributed by atoms with Crippen LogP contribution in [0, 0.1) is 6.92 Å². The molecule has 0 aliphatic carbocycles. The lowest BCUT2D eigenvalue weighted by Gasteiger charge is -2.23. The molecule has 1 fully saturated rings. The Morgan fingerprint density at radius 1 is 1.30 bits per heavy atom. The molecular weight excluding hydrogens is 447 g/mol. The van der Waals surface area contributed by atoms with E-state index in [2.05, 4.69) is 20.9 Å². The summed E-state index contributed by atoms with van der Waals surface area (Å²) in [6, 6.07) is 6.64. The first-order valence-corrected chi connectivity index (χ1v) is 10.8. The molecule has 1 aromatic carbocycles. The first kappa shape index (κ1) is 24.6. The lowest BCUT2D eigenvalue weighted by molar-refractivity contribution is -0.125. The molecule has 2 aromatic rings. The molecule has 7 nitrogen and oxygen atoms in total. The summed E-state index contributed by atoms with van der Waals surface area (Å²) in [5.74, 6) is -0.431. The number of thiazole rings is 1. The molecule has 2 amide bonds. The molecule has 1 saturated heterocycles. The molecule has 2 atom stereocenters. The van der Waals surface area contributed by atoms with Gasteiger partial charge in [0, 0.05) is 29.6 Å². The van der Waals surface area contributed by atoms with E-state index in [9.17, 15) is 14.7 Å². The van der Waals surface area contributed by atoms with E-state index in [1.807, 2.05) is 6.92 Å². The highest BCUT2D eigenvalue weighted by atomic mass is 35.5. The maximum Gasteiger partial charge on any atom is 0.224 e. The van der Waals surface area contributed by atoms with Crippen molar-refractivity contribution in [2.24, 2.45) is 0 Å². The Balaban J connectivity index is 0.00000320. The monoisotopic (exact) mass is 472 g/mol. The zero-order valence-corrected chi connectivity index (χ0v) is 19.0. The van der Waals surface area contributed by atoms with Crippen molar-refractivity contribution in [1.29, 1.82) is 0 Å². The highest BCUT2D eigenvalue weighted by Crippen LogP contribution is 2.29. The van der Waals surface area contributed by atoms with Gasteiger partial charge in [-0.3, -0.25) is 9.59 Å². The number of aliphatic hydroxyl groups is 1. The summed E-state index contributed by atoms with van der Waals surface area (Å²) in [5, 5.41) is 20.0. The van der Waals surface area contributed by atoms with Crippen molar-refractivity contribution in [3.63, 3.8) is 0 Å². The van der Waals surface area contributed by atoms with Gasteiger partial charge in [0.25, 0.3) is 0 Å². The molecule has 164 valence electrons. The predicted molar refractivity (Wildman–Crippen MR) is 121 cm³/mol. The highest BCUT2D eigenvalue weighted by Gasteiger charge is 2.30. The smallest absolute Gasteiger partial charge is 0.224 e. The van der Waals surface area contributed by atoms with Crippen LogP contribution in [-0.2, 0) is 16.2 Å². The van der Waals surface area contributed by atoms with Gasteiger partial charge in [0.1, 0.15) is 5.01 Å². The van der Waals surface area contributed by atoms with Crippen LogP contribution in [0.3, 0.4) is 0 Å². The lowest BCUT2D eigenvalue weighted by atomic mass is 10.1. The van der Waals surface area contributed by atoms with Crippen molar-refractivity contribution < 1.29 is 14.7 Å². The Bertz CT molecular complexity index is 854. The number of carbonyl (C=O) groups excluding carboxylic acids is 2. The molecule has 3 rings (SSSR count). The van der Waals surface area contributed by atoms with Gasteiger partial charge in [-0.1, -0.05) is 11.6 Å². The molecule has 1 aliphatic rings. The fourth-order valence-corrected chi connectivity index (χ4v) is 4.46. The normalized spacial score (nSPS) is 16.6. The minimum absolute atomic E-state index is 0. The van der Waals surface area contributed by atoms with Crippen LogP contribution in [0.4, 0.5) is 5.69 Å². The number of benzene rings is 1. The molecule has 10 heteroatoms. The Kier molecular flexibility index (Phi) is 9.51. The van der Waals surface area contributed by atoms with Gasteiger partial charge in [-0.15, -0.1) is 23.7 Å². The van der Waals surface area contributed by atoms with Gasteiger partial charge in [-0.2, -0.15) is 0 Å². The van der Waals surface area contributed by atoms with Crippen LogP contribution in [0.25, 0.3) is 0 Å².